The molecule has 0 aliphatic carbocycles. The van der Waals surface area contributed by atoms with Crippen molar-refractivity contribution in [3.63, 3.8) is 0 Å². The van der Waals surface area contributed by atoms with Crippen LogP contribution in [0.3, 0.4) is 0 Å². The number of pyridine rings is 1. The molecule has 0 radical (unpaired) electrons. The normalized spacial score (nSPS) is 11.2. The molecule has 0 aliphatic rings. The van der Waals surface area contributed by atoms with Gasteiger partial charge in [0.05, 0.1) is 11.2 Å². The Kier molecular flexibility index (Phi) is 4.56. The molecule has 0 amide bonds. The first-order valence-corrected chi connectivity index (χ1v) is 7.08. The van der Waals surface area contributed by atoms with Gasteiger partial charge in [-0.2, -0.15) is 0 Å². The Morgan fingerprint density at radius 1 is 1.28 bits per heavy atom. The third-order valence-corrected chi connectivity index (χ3v) is 4.05. The number of halogens is 2. The van der Waals surface area contributed by atoms with Crippen molar-refractivity contribution in [2.24, 2.45) is 0 Å². The van der Waals surface area contributed by atoms with Crippen molar-refractivity contribution in [1.82, 2.24) is 14.9 Å². The van der Waals surface area contributed by atoms with Gasteiger partial charge in [0.2, 0.25) is 0 Å². The van der Waals surface area contributed by atoms with Gasteiger partial charge < -0.3 is 0 Å². The van der Waals surface area contributed by atoms with E-state index in [0.29, 0.717) is 10.3 Å². The monoisotopic (exact) mass is 301 g/mol. The van der Waals surface area contributed by atoms with Crippen LogP contribution in [0.1, 0.15) is 16.1 Å². The summed E-state index contributed by atoms with van der Waals surface area (Å²) in [5.74, 6) is 0. The number of hydrogen-bond acceptors (Lipinski definition) is 4. The zero-order valence-electron chi connectivity index (χ0n) is 10.2. The van der Waals surface area contributed by atoms with Crippen molar-refractivity contribution in [2.75, 3.05) is 7.05 Å². The van der Waals surface area contributed by atoms with Gasteiger partial charge in [-0.1, -0.05) is 29.3 Å². The highest BCUT2D eigenvalue weighted by atomic mass is 35.5. The van der Waals surface area contributed by atoms with Crippen LogP contribution in [0.4, 0.5) is 0 Å². The van der Waals surface area contributed by atoms with Crippen molar-refractivity contribution in [2.45, 2.75) is 20.0 Å². The maximum Gasteiger partial charge on any atom is 0.135 e. The Morgan fingerprint density at radius 3 is 2.67 bits per heavy atom. The molecule has 2 heterocycles. The van der Waals surface area contributed by atoms with E-state index in [-0.39, 0.29) is 0 Å². The van der Waals surface area contributed by atoms with E-state index in [9.17, 15) is 0 Å². The third-order valence-electron chi connectivity index (χ3n) is 2.59. The fraction of sp³-hybridized carbons (Fsp3) is 0.333. The molecular weight excluding hydrogens is 289 g/mol. The minimum atomic E-state index is 0.421. The van der Waals surface area contributed by atoms with E-state index in [1.54, 1.807) is 17.4 Å². The molecule has 18 heavy (non-hydrogen) atoms. The quantitative estimate of drug-likeness (QED) is 0.805. The standard InChI is InChI=1S/C12H13Cl2N3S/c1-8-10(18-7-15-8)6-17(2)5-9-3-4-11(13)16-12(9)14/h3-4,7H,5-6H2,1-2H3. The first-order valence-electron chi connectivity index (χ1n) is 5.44. The number of aryl methyl sites for hydroxylation is 1. The van der Waals surface area contributed by atoms with E-state index in [0.717, 1.165) is 24.3 Å². The summed E-state index contributed by atoms with van der Waals surface area (Å²) >= 11 is 13.5. The highest BCUT2D eigenvalue weighted by molar-refractivity contribution is 7.09. The lowest BCUT2D eigenvalue weighted by atomic mass is 10.2. The lowest BCUT2D eigenvalue weighted by molar-refractivity contribution is 0.321. The topological polar surface area (TPSA) is 29.0 Å². The van der Waals surface area contributed by atoms with Crippen molar-refractivity contribution in [3.05, 3.63) is 44.1 Å². The first kappa shape index (κ1) is 13.7. The molecule has 2 aromatic heterocycles. The van der Waals surface area contributed by atoms with Gasteiger partial charge in [-0.05, 0) is 20.0 Å². The van der Waals surface area contributed by atoms with Crippen LogP contribution < -0.4 is 0 Å². The molecule has 0 bridgehead atoms. The molecule has 0 atom stereocenters. The lowest BCUT2D eigenvalue weighted by Crippen LogP contribution is -2.17. The summed E-state index contributed by atoms with van der Waals surface area (Å²) in [6.45, 7) is 3.62. The summed E-state index contributed by atoms with van der Waals surface area (Å²) in [4.78, 5) is 11.7. The predicted molar refractivity (Wildman–Crippen MR) is 76.3 cm³/mol. The van der Waals surface area contributed by atoms with Gasteiger partial charge in [0, 0.05) is 23.5 Å². The van der Waals surface area contributed by atoms with E-state index < -0.39 is 0 Å². The van der Waals surface area contributed by atoms with Gasteiger partial charge in [-0.3, -0.25) is 4.90 Å². The minimum Gasteiger partial charge on any atom is -0.297 e. The number of thiazole rings is 1. The molecule has 0 saturated carbocycles. The lowest BCUT2D eigenvalue weighted by Gasteiger charge is -2.16. The zero-order chi connectivity index (χ0) is 13.1. The molecule has 0 fully saturated rings. The van der Waals surface area contributed by atoms with Crippen LogP contribution in [0.5, 0.6) is 0 Å². The molecule has 0 unspecified atom stereocenters. The third kappa shape index (κ3) is 3.42. The van der Waals surface area contributed by atoms with E-state index in [4.69, 9.17) is 23.2 Å². The highest BCUT2D eigenvalue weighted by Crippen LogP contribution is 2.20. The Labute approximate surface area is 120 Å². The van der Waals surface area contributed by atoms with Crippen LogP contribution in [-0.2, 0) is 13.1 Å². The van der Waals surface area contributed by atoms with Crippen LogP contribution in [0, 0.1) is 6.92 Å². The Balaban J connectivity index is 2.03. The molecule has 0 spiro atoms. The van der Waals surface area contributed by atoms with Crippen molar-refractivity contribution in [1.29, 1.82) is 0 Å². The molecule has 2 aromatic rings. The van der Waals surface area contributed by atoms with E-state index in [1.807, 2.05) is 25.5 Å². The number of aromatic nitrogens is 2. The van der Waals surface area contributed by atoms with Crippen LogP contribution in [0.2, 0.25) is 10.3 Å². The molecule has 3 nitrogen and oxygen atoms in total. The SMILES string of the molecule is Cc1ncsc1CN(C)Cc1ccc(Cl)nc1Cl. The number of rotatable bonds is 4. The fourth-order valence-corrected chi connectivity index (χ4v) is 2.89. The van der Waals surface area contributed by atoms with Gasteiger partial charge in [0.1, 0.15) is 10.3 Å². The number of nitrogens with zero attached hydrogens (tertiary/aromatic N) is 3. The average molecular weight is 302 g/mol. The van der Waals surface area contributed by atoms with Crippen LogP contribution in [-0.4, -0.2) is 21.9 Å². The fourth-order valence-electron chi connectivity index (χ4n) is 1.63. The van der Waals surface area contributed by atoms with Gasteiger partial charge >= 0.3 is 0 Å². The Morgan fingerprint density at radius 2 is 2.06 bits per heavy atom. The first-order chi connectivity index (χ1) is 8.56. The second-order valence-electron chi connectivity index (χ2n) is 4.12. The summed E-state index contributed by atoms with van der Waals surface area (Å²) in [5, 5.41) is 0.889. The van der Waals surface area contributed by atoms with E-state index in [2.05, 4.69) is 14.9 Å². The van der Waals surface area contributed by atoms with Crippen LogP contribution in [0.15, 0.2) is 17.6 Å². The molecule has 96 valence electrons. The highest BCUT2D eigenvalue weighted by Gasteiger charge is 2.09. The summed E-state index contributed by atoms with van der Waals surface area (Å²) in [7, 11) is 2.05. The molecule has 2 rings (SSSR count). The molecule has 6 heteroatoms. The smallest absolute Gasteiger partial charge is 0.135 e. The van der Waals surface area contributed by atoms with E-state index in [1.165, 1.54) is 4.88 Å². The van der Waals surface area contributed by atoms with Crippen LogP contribution >= 0.6 is 34.5 Å². The minimum absolute atomic E-state index is 0.421. The summed E-state index contributed by atoms with van der Waals surface area (Å²) < 4.78 is 0. The molecule has 0 aromatic carbocycles. The molecule has 0 aliphatic heterocycles. The second-order valence-corrected chi connectivity index (χ2v) is 5.80. The van der Waals surface area contributed by atoms with Crippen molar-refractivity contribution >= 4 is 34.5 Å². The molecular formula is C12H13Cl2N3S. The van der Waals surface area contributed by atoms with Gasteiger partial charge in [-0.15, -0.1) is 11.3 Å². The largest absolute Gasteiger partial charge is 0.297 e. The van der Waals surface area contributed by atoms with Crippen molar-refractivity contribution < 1.29 is 0 Å². The Hall–Kier alpha value is -0.680. The van der Waals surface area contributed by atoms with Gasteiger partial charge in [0.15, 0.2) is 0 Å². The van der Waals surface area contributed by atoms with Crippen molar-refractivity contribution in [3.8, 4) is 0 Å². The van der Waals surface area contributed by atoms with E-state index >= 15 is 0 Å². The average Bonchev–Trinajstić information content (AvgIpc) is 2.69. The predicted octanol–water partition coefficient (Wildman–Crippen LogP) is 3.79. The maximum atomic E-state index is 6.05. The van der Waals surface area contributed by atoms with Crippen LogP contribution in [0.25, 0.3) is 0 Å². The zero-order valence-corrected chi connectivity index (χ0v) is 12.5. The summed E-state index contributed by atoms with van der Waals surface area (Å²) in [6, 6.07) is 3.67. The summed E-state index contributed by atoms with van der Waals surface area (Å²) in [5.41, 5.74) is 3.94. The second kappa shape index (κ2) is 5.97. The maximum absolute atomic E-state index is 6.05. The number of hydrogen-bond donors (Lipinski definition) is 0. The molecule has 0 saturated heterocycles. The molecule has 0 N–H and O–H groups in total. The van der Waals surface area contributed by atoms with Gasteiger partial charge in [0.25, 0.3) is 0 Å². The summed E-state index contributed by atoms with van der Waals surface area (Å²) in [6.07, 6.45) is 0. The van der Waals surface area contributed by atoms with Gasteiger partial charge in [-0.25, -0.2) is 9.97 Å². The Bertz CT molecular complexity index is 542.